The molecule has 0 aliphatic heterocycles. The Morgan fingerprint density at radius 3 is 1.73 bits per heavy atom. The summed E-state index contributed by atoms with van der Waals surface area (Å²) in [4.78, 5) is 2.44. The molecule has 13 rings (SSSR count). The maximum atomic E-state index is 2.54. The molecule has 9 aromatic carbocycles. The van der Waals surface area contributed by atoms with Crippen LogP contribution in [-0.2, 0) is 10.8 Å². The Hall–Kier alpha value is -7.00. The molecule has 3 aliphatic carbocycles. The molecule has 0 saturated heterocycles. The van der Waals surface area contributed by atoms with Gasteiger partial charge in [-0.15, -0.1) is 11.3 Å². The van der Waals surface area contributed by atoms with Crippen LogP contribution >= 0.6 is 11.3 Å². The highest BCUT2D eigenvalue weighted by atomic mass is 32.1. The number of nitrogens with zero attached hydrogens (tertiary/aromatic N) is 1. The highest BCUT2D eigenvalue weighted by molar-refractivity contribution is 7.25. The molecule has 0 amide bonds. The first-order valence-electron chi connectivity index (χ1n) is 21.0. The fraction of sp³-hybridized carbons (Fsp3) is 0.0690. The van der Waals surface area contributed by atoms with E-state index < -0.39 is 5.41 Å². The molecule has 1 atom stereocenters. The third kappa shape index (κ3) is 4.41. The predicted octanol–water partition coefficient (Wildman–Crippen LogP) is 15.8. The lowest BCUT2D eigenvalue weighted by Crippen LogP contribution is -2.26. The van der Waals surface area contributed by atoms with Gasteiger partial charge in [0.2, 0.25) is 0 Å². The molecule has 3 aliphatic rings. The van der Waals surface area contributed by atoms with Gasteiger partial charge in [-0.05, 0) is 132 Å². The summed E-state index contributed by atoms with van der Waals surface area (Å²) in [6.07, 6.45) is 0. The molecule has 1 nitrogen and oxygen atoms in total. The summed E-state index contributed by atoms with van der Waals surface area (Å²) in [6.45, 7) is 4.73. The number of benzene rings is 9. The minimum Gasteiger partial charge on any atom is -0.310 e. The molecule has 1 spiro atoms. The number of rotatable bonds is 4. The molecule has 1 unspecified atom stereocenters. The molecule has 1 heterocycles. The Balaban J connectivity index is 1.04. The summed E-state index contributed by atoms with van der Waals surface area (Å²) in [5.74, 6) is 0. The summed E-state index contributed by atoms with van der Waals surface area (Å²) >= 11 is 1.91. The van der Waals surface area contributed by atoms with Crippen LogP contribution in [0.15, 0.2) is 200 Å². The molecule has 0 bridgehead atoms. The van der Waals surface area contributed by atoms with E-state index in [1.165, 1.54) is 98.1 Å². The second kappa shape index (κ2) is 12.3. The molecule has 60 heavy (non-hydrogen) atoms. The lowest BCUT2D eigenvalue weighted by Gasteiger charge is -2.32. The van der Waals surface area contributed by atoms with Crippen LogP contribution in [0.3, 0.4) is 0 Å². The van der Waals surface area contributed by atoms with Gasteiger partial charge in [-0.1, -0.05) is 159 Å². The Bertz CT molecular complexity index is 3420. The molecule has 0 saturated carbocycles. The van der Waals surface area contributed by atoms with Crippen LogP contribution < -0.4 is 4.90 Å². The van der Waals surface area contributed by atoms with Crippen molar-refractivity contribution in [2.24, 2.45) is 0 Å². The number of thiophene rings is 1. The van der Waals surface area contributed by atoms with Crippen LogP contribution in [0.5, 0.6) is 0 Å². The number of para-hydroxylation sites is 1. The molecule has 1 aromatic heterocycles. The van der Waals surface area contributed by atoms with Gasteiger partial charge in [0.1, 0.15) is 0 Å². The van der Waals surface area contributed by atoms with Gasteiger partial charge < -0.3 is 4.90 Å². The maximum absolute atomic E-state index is 2.54. The third-order valence-corrected chi connectivity index (χ3v) is 15.0. The van der Waals surface area contributed by atoms with E-state index in [9.17, 15) is 0 Å². The second-order valence-corrected chi connectivity index (χ2v) is 18.3. The Labute approximate surface area is 354 Å². The molecular formula is C58H39NS. The van der Waals surface area contributed by atoms with Crippen LogP contribution in [0.2, 0.25) is 0 Å². The molecular weight excluding hydrogens is 743 g/mol. The molecule has 0 radical (unpaired) electrons. The van der Waals surface area contributed by atoms with E-state index >= 15 is 0 Å². The first-order valence-corrected chi connectivity index (χ1v) is 21.8. The van der Waals surface area contributed by atoms with Crippen molar-refractivity contribution in [3.05, 3.63) is 234 Å². The van der Waals surface area contributed by atoms with Crippen LogP contribution in [0.4, 0.5) is 17.1 Å². The second-order valence-electron chi connectivity index (χ2n) is 17.2. The van der Waals surface area contributed by atoms with Crippen molar-refractivity contribution in [2.45, 2.75) is 24.7 Å². The van der Waals surface area contributed by atoms with E-state index in [2.05, 4.69) is 219 Å². The molecule has 10 aromatic rings. The van der Waals surface area contributed by atoms with E-state index in [0.717, 1.165) is 17.1 Å². The number of fused-ring (bicyclic) bond motifs is 16. The highest BCUT2D eigenvalue weighted by Crippen LogP contribution is 2.65. The van der Waals surface area contributed by atoms with Crippen molar-refractivity contribution in [1.29, 1.82) is 0 Å². The van der Waals surface area contributed by atoms with Crippen LogP contribution in [-0.4, -0.2) is 0 Å². The predicted molar refractivity (Wildman–Crippen MR) is 253 cm³/mol. The average Bonchev–Trinajstić information content (AvgIpc) is 3.98. The van der Waals surface area contributed by atoms with E-state index in [-0.39, 0.29) is 5.41 Å². The normalized spacial score (nSPS) is 16.0. The summed E-state index contributed by atoms with van der Waals surface area (Å²) in [5.41, 5.74) is 21.5. The lowest BCUT2D eigenvalue weighted by atomic mass is 9.68. The zero-order valence-electron chi connectivity index (χ0n) is 33.4. The maximum Gasteiger partial charge on any atom is 0.0732 e. The highest BCUT2D eigenvalue weighted by Gasteiger charge is 2.53. The summed E-state index contributed by atoms with van der Waals surface area (Å²) < 4.78 is 2.68. The first-order chi connectivity index (χ1) is 29.5. The third-order valence-electron chi connectivity index (χ3n) is 13.9. The SMILES string of the molecule is CC1(C)c2ccccc2-c2ccc(N(c3ccccc3)c3cccc(-c4cccc5c4C4(c6ccccc6-c6cc7c(cc64)sc4ccccc47)c4ccccc4-5)c3)cc21. The average molecular weight is 782 g/mol. The smallest absolute Gasteiger partial charge is 0.0732 e. The largest absolute Gasteiger partial charge is 0.310 e. The monoisotopic (exact) mass is 781 g/mol. The minimum absolute atomic E-state index is 0.102. The standard InChI is InChI=1S/C58H39NS/c1-57(2)49-26-10-6-20-41(49)44-31-30-39(33-52(44)57)59(37-17-4-3-5-18-37)38-19-14-16-36(32-38)40-24-15-25-46-42-21-7-11-27-50(42)58(56(40)46)51-28-12-8-22-43(51)47-34-48-45-23-9-13-29-54(45)60-55(48)35-53(47)58/h3-35H,1-2H3. The molecule has 2 heteroatoms. The Morgan fingerprint density at radius 2 is 0.933 bits per heavy atom. The van der Waals surface area contributed by atoms with Crippen molar-refractivity contribution in [3.63, 3.8) is 0 Å². The van der Waals surface area contributed by atoms with Crippen LogP contribution in [0.1, 0.15) is 47.2 Å². The van der Waals surface area contributed by atoms with Gasteiger partial charge in [0.15, 0.2) is 0 Å². The van der Waals surface area contributed by atoms with Gasteiger partial charge >= 0.3 is 0 Å². The fourth-order valence-electron chi connectivity index (χ4n) is 11.3. The van der Waals surface area contributed by atoms with Crippen LogP contribution in [0, 0.1) is 0 Å². The van der Waals surface area contributed by atoms with Crippen LogP contribution in [0.25, 0.3) is 64.7 Å². The number of anilines is 3. The molecule has 0 fully saturated rings. The first kappa shape index (κ1) is 33.9. The summed E-state index contributed by atoms with van der Waals surface area (Å²) in [5, 5.41) is 2.68. The minimum atomic E-state index is -0.478. The van der Waals surface area contributed by atoms with E-state index in [0.29, 0.717) is 0 Å². The quantitative estimate of drug-likeness (QED) is 0.172. The van der Waals surface area contributed by atoms with Gasteiger partial charge in [-0.2, -0.15) is 0 Å². The Morgan fingerprint density at radius 1 is 0.350 bits per heavy atom. The van der Waals surface area contributed by atoms with E-state index in [1.807, 2.05) is 11.3 Å². The van der Waals surface area contributed by atoms with E-state index in [4.69, 9.17) is 0 Å². The van der Waals surface area contributed by atoms with Gasteiger partial charge in [-0.3, -0.25) is 0 Å². The van der Waals surface area contributed by atoms with Gasteiger partial charge in [-0.25, -0.2) is 0 Å². The Kier molecular flexibility index (Phi) is 6.94. The topological polar surface area (TPSA) is 3.24 Å². The van der Waals surface area contributed by atoms with Gasteiger partial charge in [0.05, 0.1) is 5.41 Å². The molecule has 0 N–H and O–H groups in total. The van der Waals surface area contributed by atoms with Gasteiger partial charge in [0.25, 0.3) is 0 Å². The summed E-state index contributed by atoms with van der Waals surface area (Å²) in [7, 11) is 0. The fourth-order valence-corrected chi connectivity index (χ4v) is 12.5. The molecule has 282 valence electrons. The van der Waals surface area contributed by atoms with Crippen molar-refractivity contribution < 1.29 is 0 Å². The number of hydrogen-bond donors (Lipinski definition) is 0. The summed E-state index contributed by atoms with van der Waals surface area (Å²) in [6, 6.07) is 75.4. The van der Waals surface area contributed by atoms with Gasteiger partial charge in [0, 0.05) is 42.6 Å². The zero-order chi connectivity index (χ0) is 39.7. The lowest BCUT2D eigenvalue weighted by molar-refractivity contribution is 0.660. The van der Waals surface area contributed by atoms with E-state index in [1.54, 1.807) is 0 Å². The number of hydrogen-bond acceptors (Lipinski definition) is 2. The zero-order valence-corrected chi connectivity index (χ0v) is 34.2. The van der Waals surface area contributed by atoms with Crippen molar-refractivity contribution in [2.75, 3.05) is 4.90 Å². The van der Waals surface area contributed by atoms with Crippen molar-refractivity contribution in [1.82, 2.24) is 0 Å². The van der Waals surface area contributed by atoms with Crippen molar-refractivity contribution >= 4 is 48.6 Å². The van der Waals surface area contributed by atoms with Crippen molar-refractivity contribution in [3.8, 4) is 44.5 Å².